The molecule has 4 heteroatoms. The van der Waals surface area contributed by atoms with Gasteiger partial charge < -0.3 is 10.3 Å². The lowest BCUT2D eigenvalue weighted by Gasteiger charge is -2.11. The molecule has 1 aromatic carbocycles. The van der Waals surface area contributed by atoms with Crippen molar-refractivity contribution in [2.45, 2.75) is 39.7 Å². The Morgan fingerprint density at radius 3 is 2.74 bits per heavy atom. The largest absolute Gasteiger partial charge is 0.366 e. The molecule has 2 aromatic rings. The monoisotopic (exact) mass is 314 g/mol. The minimum absolute atomic E-state index is 0.325. The Morgan fingerprint density at radius 1 is 1.43 bits per heavy atom. The van der Waals surface area contributed by atoms with Crippen LogP contribution in [0.5, 0.6) is 0 Å². The van der Waals surface area contributed by atoms with Gasteiger partial charge in [-0.1, -0.05) is 31.6 Å². The quantitative estimate of drug-likeness (QED) is 0.764. The van der Waals surface area contributed by atoms with E-state index >= 15 is 0 Å². The normalized spacial score (nSPS) is 10.7. The van der Waals surface area contributed by atoms with E-state index in [2.05, 4.69) is 18.1 Å². The third-order valence-electron chi connectivity index (χ3n) is 4.07. The van der Waals surface area contributed by atoms with Crippen molar-refractivity contribution in [3.8, 4) is 11.1 Å². The first-order chi connectivity index (χ1) is 11.0. The van der Waals surface area contributed by atoms with Crippen molar-refractivity contribution < 1.29 is 9.18 Å². The number of carbonyl (C=O) groups excluding carboxylic acids is 1. The number of carbonyl (C=O) groups is 1. The summed E-state index contributed by atoms with van der Waals surface area (Å²) in [6.07, 6.45) is 4.63. The first-order valence-corrected chi connectivity index (χ1v) is 7.89. The Kier molecular flexibility index (Phi) is 5.37. The Balaban J connectivity index is 2.76. The summed E-state index contributed by atoms with van der Waals surface area (Å²) >= 11 is 0. The first kappa shape index (κ1) is 17.0. The van der Waals surface area contributed by atoms with E-state index in [0.717, 1.165) is 36.2 Å². The second kappa shape index (κ2) is 7.27. The molecule has 1 amide bonds. The van der Waals surface area contributed by atoms with Gasteiger partial charge in [-0.3, -0.25) is 4.79 Å². The van der Waals surface area contributed by atoms with Gasteiger partial charge in [0.2, 0.25) is 0 Å². The van der Waals surface area contributed by atoms with Gasteiger partial charge >= 0.3 is 0 Å². The van der Waals surface area contributed by atoms with Gasteiger partial charge in [0, 0.05) is 23.5 Å². The number of nitrogens with zero attached hydrogens (tertiary/aromatic N) is 1. The van der Waals surface area contributed by atoms with Crippen LogP contribution in [0.15, 0.2) is 36.9 Å². The average molecular weight is 314 g/mol. The van der Waals surface area contributed by atoms with Crippen LogP contribution in [0.3, 0.4) is 0 Å². The molecule has 0 aliphatic rings. The Hall–Kier alpha value is -2.36. The Labute approximate surface area is 136 Å². The fourth-order valence-electron chi connectivity index (χ4n) is 3.03. The summed E-state index contributed by atoms with van der Waals surface area (Å²) in [6.45, 7) is 8.38. The summed E-state index contributed by atoms with van der Waals surface area (Å²) in [5.74, 6) is -0.809. The van der Waals surface area contributed by atoms with Crippen molar-refractivity contribution >= 4 is 5.91 Å². The third kappa shape index (κ3) is 3.36. The molecule has 23 heavy (non-hydrogen) atoms. The van der Waals surface area contributed by atoms with Crippen molar-refractivity contribution in [1.29, 1.82) is 0 Å². The SMILES string of the molecule is C=CCn1c(C)c(C(N)=O)c(-c2cccc(F)c2)c1CCCC. The molecule has 0 spiro atoms. The van der Waals surface area contributed by atoms with E-state index in [9.17, 15) is 9.18 Å². The highest BCUT2D eigenvalue weighted by Crippen LogP contribution is 2.34. The zero-order valence-electron chi connectivity index (χ0n) is 13.7. The summed E-state index contributed by atoms with van der Waals surface area (Å²) < 4.78 is 15.7. The number of primary amides is 1. The average Bonchev–Trinajstić information content (AvgIpc) is 2.78. The van der Waals surface area contributed by atoms with Crippen LogP contribution < -0.4 is 5.73 Å². The van der Waals surface area contributed by atoms with E-state index in [1.165, 1.54) is 12.1 Å². The van der Waals surface area contributed by atoms with Gasteiger partial charge in [-0.2, -0.15) is 0 Å². The van der Waals surface area contributed by atoms with E-state index < -0.39 is 5.91 Å². The number of hydrogen-bond acceptors (Lipinski definition) is 1. The number of hydrogen-bond donors (Lipinski definition) is 1. The van der Waals surface area contributed by atoms with Gasteiger partial charge in [0.25, 0.3) is 5.91 Å². The first-order valence-electron chi connectivity index (χ1n) is 7.89. The molecule has 1 aromatic heterocycles. The highest BCUT2D eigenvalue weighted by atomic mass is 19.1. The van der Waals surface area contributed by atoms with E-state index in [-0.39, 0.29) is 5.82 Å². The molecule has 1 heterocycles. The highest BCUT2D eigenvalue weighted by Gasteiger charge is 2.24. The molecule has 2 N–H and O–H groups in total. The lowest BCUT2D eigenvalue weighted by molar-refractivity contribution is 0.1000. The van der Waals surface area contributed by atoms with Gasteiger partial charge in [-0.05, 0) is 37.5 Å². The smallest absolute Gasteiger partial charge is 0.251 e. The number of unbranched alkanes of at least 4 members (excludes halogenated alkanes) is 1. The van der Waals surface area contributed by atoms with E-state index in [0.29, 0.717) is 17.7 Å². The minimum atomic E-state index is -0.484. The second-order valence-corrected chi connectivity index (χ2v) is 5.66. The maximum atomic E-state index is 13.7. The van der Waals surface area contributed by atoms with Gasteiger partial charge in [0.1, 0.15) is 5.82 Å². The molecule has 122 valence electrons. The van der Waals surface area contributed by atoms with Gasteiger partial charge in [-0.25, -0.2) is 4.39 Å². The predicted octanol–water partition coefficient (Wildman–Crippen LogP) is 4.23. The lowest BCUT2D eigenvalue weighted by Crippen LogP contribution is -2.13. The van der Waals surface area contributed by atoms with Crippen molar-refractivity contribution in [1.82, 2.24) is 4.57 Å². The molecule has 0 saturated heterocycles. The third-order valence-corrected chi connectivity index (χ3v) is 4.07. The molecular weight excluding hydrogens is 291 g/mol. The van der Waals surface area contributed by atoms with E-state index in [1.807, 2.05) is 13.0 Å². The van der Waals surface area contributed by atoms with Gasteiger partial charge in [0.05, 0.1) is 5.56 Å². The van der Waals surface area contributed by atoms with Crippen LogP contribution in [0.1, 0.15) is 41.5 Å². The number of allylic oxidation sites excluding steroid dienone is 1. The maximum Gasteiger partial charge on any atom is 0.251 e. The van der Waals surface area contributed by atoms with Crippen molar-refractivity contribution in [2.75, 3.05) is 0 Å². The Bertz CT molecular complexity index is 731. The van der Waals surface area contributed by atoms with Crippen LogP contribution in [-0.4, -0.2) is 10.5 Å². The van der Waals surface area contributed by atoms with Crippen LogP contribution in [-0.2, 0) is 13.0 Å². The Morgan fingerprint density at radius 2 is 2.17 bits per heavy atom. The molecule has 0 fully saturated rings. The predicted molar refractivity (Wildman–Crippen MR) is 91.9 cm³/mol. The molecule has 0 aliphatic carbocycles. The number of nitrogens with two attached hydrogens (primary N) is 1. The van der Waals surface area contributed by atoms with Crippen LogP contribution in [0.25, 0.3) is 11.1 Å². The number of amides is 1. The molecule has 0 radical (unpaired) electrons. The molecule has 0 atom stereocenters. The van der Waals surface area contributed by atoms with Crippen molar-refractivity contribution in [2.24, 2.45) is 5.73 Å². The summed E-state index contributed by atoms with van der Waals surface area (Å²) in [4.78, 5) is 12.0. The fourth-order valence-corrected chi connectivity index (χ4v) is 3.03. The zero-order valence-corrected chi connectivity index (χ0v) is 13.7. The van der Waals surface area contributed by atoms with Gasteiger partial charge in [0.15, 0.2) is 0 Å². The highest BCUT2D eigenvalue weighted by molar-refractivity contribution is 6.02. The number of aromatic nitrogens is 1. The number of benzene rings is 1. The molecular formula is C19H23FN2O. The summed E-state index contributed by atoms with van der Waals surface area (Å²) in [5.41, 5.74) is 9.37. The van der Waals surface area contributed by atoms with Crippen molar-refractivity contribution in [3.05, 3.63) is 59.7 Å². The number of halogens is 1. The molecule has 0 unspecified atom stereocenters. The fraction of sp³-hybridized carbons (Fsp3) is 0.316. The molecule has 3 nitrogen and oxygen atoms in total. The van der Waals surface area contributed by atoms with E-state index in [1.54, 1.807) is 12.1 Å². The molecule has 0 saturated carbocycles. The van der Waals surface area contributed by atoms with Crippen LogP contribution in [0, 0.1) is 12.7 Å². The second-order valence-electron chi connectivity index (χ2n) is 5.66. The van der Waals surface area contributed by atoms with E-state index in [4.69, 9.17) is 5.73 Å². The van der Waals surface area contributed by atoms with Crippen molar-refractivity contribution in [3.63, 3.8) is 0 Å². The topological polar surface area (TPSA) is 48.0 Å². The lowest BCUT2D eigenvalue weighted by atomic mass is 9.97. The van der Waals surface area contributed by atoms with Crippen LogP contribution in [0.2, 0.25) is 0 Å². The van der Waals surface area contributed by atoms with Crippen LogP contribution >= 0.6 is 0 Å². The zero-order chi connectivity index (χ0) is 17.0. The summed E-state index contributed by atoms with van der Waals surface area (Å²) in [5, 5.41) is 0. The summed E-state index contributed by atoms with van der Waals surface area (Å²) in [7, 11) is 0. The van der Waals surface area contributed by atoms with Gasteiger partial charge in [-0.15, -0.1) is 6.58 Å². The van der Waals surface area contributed by atoms with Crippen LogP contribution in [0.4, 0.5) is 4.39 Å². The maximum absolute atomic E-state index is 13.7. The minimum Gasteiger partial charge on any atom is -0.366 e. The molecule has 2 rings (SSSR count). The number of rotatable bonds is 7. The molecule has 0 bridgehead atoms. The summed E-state index contributed by atoms with van der Waals surface area (Å²) in [6, 6.07) is 6.32. The standard InChI is InChI=1S/C19H23FN2O/c1-4-6-10-16-18(14-8-7-9-15(20)12-14)17(19(21)23)13(3)22(16)11-5-2/h5,7-9,12H,2,4,6,10-11H2,1,3H3,(H2,21,23). The molecule has 0 aliphatic heterocycles.